The highest BCUT2D eigenvalue weighted by Gasteiger charge is 2.30. The molecule has 6 heteroatoms. The topological polar surface area (TPSA) is 27.1 Å². The lowest BCUT2D eigenvalue weighted by Gasteiger charge is -2.08. The van der Waals surface area contributed by atoms with Crippen LogP contribution >= 0.6 is 0 Å². The van der Waals surface area contributed by atoms with Gasteiger partial charge in [0.1, 0.15) is 5.75 Å². The highest BCUT2D eigenvalue weighted by atomic mass is 19.4. The van der Waals surface area contributed by atoms with Crippen LogP contribution in [0.15, 0.2) is 60.9 Å². The van der Waals surface area contributed by atoms with E-state index in [-0.39, 0.29) is 0 Å². The van der Waals surface area contributed by atoms with E-state index < -0.39 is 11.7 Å². The fourth-order valence-corrected chi connectivity index (χ4v) is 2.07. The van der Waals surface area contributed by atoms with Crippen LogP contribution in [0.4, 0.5) is 13.2 Å². The number of halogens is 3. The van der Waals surface area contributed by atoms with Crippen molar-refractivity contribution in [2.24, 2.45) is 0 Å². The number of rotatable bonds is 3. The third kappa shape index (κ3) is 3.53. The first kappa shape index (κ1) is 15.1. The molecule has 0 atom stereocenters. The molecule has 0 aliphatic carbocycles. The molecule has 0 spiro atoms. The number of nitrogens with zero attached hydrogens (tertiary/aromatic N) is 2. The van der Waals surface area contributed by atoms with E-state index in [2.05, 4.69) is 5.10 Å². The maximum atomic E-state index is 12.8. The Labute approximate surface area is 130 Å². The van der Waals surface area contributed by atoms with Crippen LogP contribution < -0.4 is 4.74 Å². The zero-order valence-corrected chi connectivity index (χ0v) is 12.2. The molecule has 23 heavy (non-hydrogen) atoms. The van der Waals surface area contributed by atoms with Crippen molar-refractivity contribution in [1.82, 2.24) is 9.78 Å². The van der Waals surface area contributed by atoms with Gasteiger partial charge in [0.2, 0.25) is 0 Å². The molecule has 0 saturated carbocycles. The molecule has 1 aromatic heterocycles. The third-order valence-corrected chi connectivity index (χ3v) is 3.25. The first-order valence-corrected chi connectivity index (χ1v) is 6.89. The van der Waals surface area contributed by atoms with Gasteiger partial charge < -0.3 is 4.74 Å². The summed E-state index contributed by atoms with van der Waals surface area (Å²) in [7, 11) is 0. The first-order chi connectivity index (χ1) is 10.9. The Kier molecular flexibility index (Phi) is 3.82. The Balaban J connectivity index is 1.83. The van der Waals surface area contributed by atoms with E-state index in [1.807, 2.05) is 31.2 Å². The summed E-state index contributed by atoms with van der Waals surface area (Å²) in [5.74, 6) is 1.09. The van der Waals surface area contributed by atoms with Gasteiger partial charge in [-0.05, 0) is 37.3 Å². The van der Waals surface area contributed by atoms with Gasteiger partial charge in [0.15, 0.2) is 5.75 Å². The Morgan fingerprint density at radius 3 is 2.43 bits per heavy atom. The molecule has 0 unspecified atom stereocenters. The standard InChI is InChI=1S/C17H13F3N2O/c1-12-5-7-15(8-6-12)23-16-10-21-22(11-16)14-4-2-3-13(9-14)17(18,19)20/h2-11H,1H3. The molecular formula is C17H13F3N2O. The summed E-state index contributed by atoms with van der Waals surface area (Å²) in [4.78, 5) is 0. The largest absolute Gasteiger partial charge is 0.454 e. The first-order valence-electron chi connectivity index (χ1n) is 6.89. The Hall–Kier alpha value is -2.76. The van der Waals surface area contributed by atoms with Crippen molar-refractivity contribution in [3.8, 4) is 17.2 Å². The molecule has 2 aromatic carbocycles. The van der Waals surface area contributed by atoms with Gasteiger partial charge in [-0.15, -0.1) is 0 Å². The van der Waals surface area contributed by atoms with Gasteiger partial charge in [0.05, 0.1) is 23.6 Å². The average Bonchev–Trinajstić information content (AvgIpc) is 2.97. The predicted octanol–water partition coefficient (Wildman–Crippen LogP) is 4.99. The fourth-order valence-electron chi connectivity index (χ4n) is 2.07. The van der Waals surface area contributed by atoms with Gasteiger partial charge in [-0.1, -0.05) is 23.8 Å². The van der Waals surface area contributed by atoms with Crippen LogP contribution in [0.1, 0.15) is 11.1 Å². The highest BCUT2D eigenvalue weighted by molar-refractivity contribution is 5.38. The molecule has 0 amide bonds. The summed E-state index contributed by atoms with van der Waals surface area (Å²) < 4.78 is 45.2. The molecule has 0 aliphatic heterocycles. The van der Waals surface area contributed by atoms with Crippen molar-refractivity contribution in [2.75, 3.05) is 0 Å². The SMILES string of the molecule is Cc1ccc(Oc2cnn(-c3cccc(C(F)(F)F)c3)c2)cc1. The van der Waals surface area contributed by atoms with Crippen LogP contribution in [0, 0.1) is 6.92 Å². The van der Waals surface area contributed by atoms with Gasteiger partial charge in [-0.3, -0.25) is 0 Å². The zero-order chi connectivity index (χ0) is 16.4. The van der Waals surface area contributed by atoms with E-state index in [9.17, 15) is 13.2 Å². The van der Waals surface area contributed by atoms with Gasteiger partial charge >= 0.3 is 6.18 Å². The van der Waals surface area contributed by atoms with Crippen molar-refractivity contribution in [3.05, 3.63) is 72.1 Å². The number of aryl methyl sites for hydroxylation is 1. The minimum absolute atomic E-state index is 0.318. The molecule has 0 radical (unpaired) electrons. The maximum Gasteiger partial charge on any atom is 0.416 e. The second-order valence-corrected chi connectivity index (χ2v) is 5.08. The Bertz CT molecular complexity index is 807. The molecule has 0 aliphatic rings. The van der Waals surface area contributed by atoms with Crippen LogP contribution in [0.25, 0.3) is 5.69 Å². The van der Waals surface area contributed by atoms with E-state index in [0.717, 1.165) is 17.7 Å². The van der Waals surface area contributed by atoms with E-state index in [1.165, 1.54) is 23.1 Å². The fraction of sp³-hybridized carbons (Fsp3) is 0.118. The molecule has 0 saturated heterocycles. The Morgan fingerprint density at radius 1 is 1.00 bits per heavy atom. The highest BCUT2D eigenvalue weighted by Crippen LogP contribution is 2.30. The van der Waals surface area contributed by atoms with Crippen molar-refractivity contribution < 1.29 is 17.9 Å². The maximum absolute atomic E-state index is 12.8. The molecule has 3 rings (SSSR count). The number of hydrogen-bond acceptors (Lipinski definition) is 2. The third-order valence-electron chi connectivity index (χ3n) is 3.25. The number of alkyl halides is 3. The average molecular weight is 318 g/mol. The van der Waals surface area contributed by atoms with E-state index in [1.54, 1.807) is 6.07 Å². The number of ether oxygens (including phenoxy) is 1. The minimum Gasteiger partial charge on any atom is -0.454 e. The summed E-state index contributed by atoms with van der Waals surface area (Å²) in [6.07, 6.45) is -1.39. The molecule has 3 nitrogen and oxygen atoms in total. The molecule has 118 valence electrons. The normalized spacial score (nSPS) is 11.5. The van der Waals surface area contributed by atoms with Gasteiger partial charge in [0, 0.05) is 0 Å². The summed E-state index contributed by atoms with van der Waals surface area (Å²) in [6.45, 7) is 1.97. The van der Waals surface area contributed by atoms with Crippen molar-refractivity contribution in [1.29, 1.82) is 0 Å². The molecule has 0 fully saturated rings. The Morgan fingerprint density at radius 2 is 1.74 bits per heavy atom. The lowest BCUT2D eigenvalue weighted by atomic mass is 10.2. The van der Waals surface area contributed by atoms with Gasteiger partial charge in [0.25, 0.3) is 0 Å². The van der Waals surface area contributed by atoms with E-state index >= 15 is 0 Å². The zero-order valence-electron chi connectivity index (χ0n) is 12.2. The van der Waals surface area contributed by atoms with Crippen LogP contribution in [-0.4, -0.2) is 9.78 Å². The van der Waals surface area contributed by atoms with Gasteiger partial charge in [-0.2, -0.15) is 18.3 Å². The number of benzene rings is 2. The summed E-state index contributed by atoms with van der Waals surface area (Å²) in [5.41, 5.74) is 0.710. The summed E-state index contributed by atoms with van der Waals surface area (Å²) >= 11 is 0. The second-order valence-electron chi connectivity index (χ2n) is 5.08. The van der Waals surface area contributed by atoms with Gasteiger partial charge in [-0.25, -0.2) is 4.68 Å². The quantitative estimate of drug-likeness (QED) is 0.680. The summed E-state index contributed by atoms with van der Waals surface area (Å²) in [5, 5.41) is 4.05. The second kappa shape index (κ2) is 5.79. The van der Waals surface area contributed by atoms with E-state index in [4.69, 9.17) is 4.74 Å². The smallest absolute Gasteiger partial charge is 0.416 e. The van der Waals surface area contributed by atoms with Crippen molar-refractivity contribution in [3.63, 3.8) is 0 Å². The van der Waals surface area contributed by atoms with Crippen molar-refractivity contribution in [2.45, 2.75) is 13.1 Å². The molecular weight excluding hydrogens is 305 g/mol. The molecule has 0 bridgehead atoms. The van der Waals surface area contributed by atoms with Crippen LogP contribution in [0.5, 0.6) is 11.5 Å². The molecule has 3 aromatic rings. The number of aromatic nitrogens is 2. The van der Waals surface area contributed by atoms with E-state index in [0.29, 0.717) is 17.2 Å². The van der Waals surface area contributed by atoms with Crippen molar-refractivity contribution >= 4 is 0 Å². The molecule has 1 heterocycles. The molecule has 0 N–H and O–H groups in total. The lowest BCUT2D eigenvalue weighted by Crippen LogP contribution is -2.06. The monoisotopic (exact) mass is 318 g/mol. The summed E-state index contributed by atoms with van der Waals surface area (Å²) in [6, 6.07) is 12.4. The van der Waals surface area contributed by atoms with Crippen LogP contribution in [-0.2, 0) is 6.18 Å². The lowest BCUT2D eigenvalue weighted by molar-refractivity contribution is -0.137. The minimum atomic E-state index is -4.38. The van der Waals surface area contributed by atoms with Crippen LogP contribution in [0.3, 0.4) is 0 Å². The number of hydrogen-bond donors (Lipinski definition) is 0. The predicted molar refractivity (Wildman–Crippen MR) is 79.8 cm³/mol. The van der Waals surface area contributed by atoms with Crippen LogP contribution in [0.2, 0.25) is 0 Å².